The van der Waals surface area contributed by atoms with Gasteiger partial charge in [-0.15, -0.1) is 6.58 Å². The number of ether oxygens (including phenoxy) is 1. The number of allylic oxidation sites excluding steroid dienone is 1. The van der Waals surface area contributed by atoms with Crippen LogP contribution in [0.2, 0.25) is 0 Å². The van der Waals surface area contributed by atoms with Gasteiger partial charge in [-0.3, -0.25) is 0 Å². The Kier molecular flexibility index (Phi) is 10.8. The lowest BCUT2D eigenvalue weighted by molar-refractivity contribution is -0.0498. The topological polar surface area (TPSA) is 49.7 Å². The van der Waals surface area contributed by atoms with Crippen LogP contribution in [0.15, 0.2) is 12.7 Å². The summed E-state index contributed by atoms with van der Waals surface area (Å²) in [7, 11) is 0. The van der Waals surface area contributed by atoms with Crippen LogP contribution >= 0.6 is 0 Å². The Balaban J connectivity index is 2.10. The predicted molar refractivity (Wildman–Crippen MR) is 91.9 cm³/mol. The monoisotopic (exact) mass is 312 g/mol. The maximum atomic E-state index is 10.2. The van der Waals surface area contributed by atoms with E-state index in [4.69, 9.17) is 4.74 Å². The molecular formula is C19H36O3. The largest absolute Gasteiger partial charge is 0.390 e. The van der Waals surface area contributed by atoms with Gasteiger partial charge in [-0.25, -0.2) is 0 Å². The molecular weight excluding hydrogens is 276 g/mol. The highest BCUT2D eigenvalue weighted by molar-refractivity contribution is 4.85. The number of aliphatic hydroxyl groups excluding tert-OH is 2. The molecule has 1 unspecified atom stereocenters. The zero-order valence-corrected chi connectivity index (χ0v) is 14.4. The standard InChI is InChI=1S/C19H36O3/c1-3-5-7-8-9-10-12-13-16(20)19-15-17(21)18(22-19)14-11-6-4-2/h3,16-21H,1,4-15H2,2H3/t16-,17?,18-,19-/m0/s1. The summed E-state index contributed by atoms with van der Waals surface area (Å²) in [5, 5.41) is 20.3. The van der Waals surface area contributed by atoms with Crippen LogP contribution in [-0.2, 0) is 4.74 Å². The summed E-state index contributed by atoms with van der Waals surface area (Å²) in [5.74, 6) is 0. The van der Waals surface area contributed by atoms with Gasteiger partial charge in [0.25, 0.3) is 0 Å². The second-order valence-corrected chi connectivity index (χ2v) is 6.71. The second kappa shape index (κ2) is 12.1. The summed E-state index contributed by atoms with van der Waals surface area (Å²) >= 11 is 0. The highest BCUT2D eigenvalue weighted by atomic mass is 16.5. The molecule has 0 bridgehead atoms. The fourth-order valence-corrected chi connectivity index (χ4v) is 3.22. The first-order chi connectivity index (χ1) is 10.7. The molecule has 0 amide bonds. The fraction of sp³-hybridized carbons (Fsp3) is 0.895. The van der Waals surface area contributed by atoms with Crippen LogP contribution in [0.25, 0.3) is 0 Å². The van der Waals surface area contributed by atoms with Crippen molar-refractivity contribution in [3.8, 4) is 0 Å². The quantitative estimate of drug-likeness (QED) is 0.392. The lowest BCUT2D eigenvalue weighted by Crippen LogP contribution is -2.26. The molecule has 3 nitrogen and oxygen atoms in total. The first-order valence-corrected chi connectivity index (χ1v) is 9.31. The third-order valence-electron chi connectivity index (χ3n) is 4.68. The van der Waals surface area contributed by atoms with E-state index in [9.17, 15) is 10.2 Å². The van der Waals surface area contributed by atoms with Crippen LogP contribution in [-0.4, -0.2) is 34.6 Å². The molecule has 0 aromatic heterocycles. The predicted octanol–water partition coefficient (Wildman–Crippen LogP) is 4.36. The molecule has 0 aliphatic carbocycles. The van der Waals surface area contributed by atoms with Gasteiger partial charge in [0.15, 0.2) is 0 Å². The van der Waals surface area contributed by atoms with Gasteiger partial charge in [-0.05, 0) is 25.7 Å². The molecule has 2 N–H and O–H groups in total. The van der Waals surface area contributed by atoms with E-state index in [1.807, 2.05) is 6.08 Å². The van der Waals surface area contributed by atoms with Crippen LogP contribution in [0, 0.1) is 0 Å². The molecule has 3 heteroatoms. The molecule has 1 aliphatic heterocycles. The Morgan fingerprint density at radius 2 is 1.86 bits per heavy atom. The fourth-order valence-electron chi connectivity index (χ4n) is 3.22. The average Bonchev–Trinajstić information content (AvgIpc) is 2.88. The maximum absolute atomic E-state index is 10.2. The van der Waals surface area contributed by atoms with Crippen molar-refractivity contribution in [1.82, 2.24) is 0 Å². The lowest BCUT2D eigenvalue weighted by Gasteiger charge is -2.19. The summed E-state index contributed by atoms with van der Waals surface area (Å²) in [6, 6.07) is 0. The molecule has 0 aromatic rings. The minimum Gasteiger partial charge on any atom is -0.390 e. The molecule has 1 heterocycles. The van der Waals surface area contributed by atoms with Gasteiger partial charge in [0.2, 0.25) is 0 Å². The molecule has 4 atom stereocenters. The summed E-state index contributed by atoms with van der Waals surface area (Å²) < 4.78 is 5.88. The Labute approximate surface area is 136 Å². The first kappa shape index (κ1) is 19.7. The Morgan fingerprint density at radius 3 is 2.59 bits per heavy atom. The van der Waals surface area contributed by atoms with Crippen molar-refractivity contribution in [3.05, 3.63) is 12.7 Å². The van der Waals surface area contributed by atoms with Gasteiger partial charge in [0, 0.05) is 6.42 Å². The van der Waals surface area contributed by atoms with Gasteiger partial charge in [0.1, 0.15) is 0 Å². The molecule has 0 spiro atoms. The smallest absolute Gasteiger partial charge is 0.0864 e. The minimum atomic E-state index is -0.418. The molecule has 130 valence electrons. The Morgan fingerprint density at radius 1 is 1.14 bits per heavy atom. The third-order valence-corrected chi connectivity index (χ3v) is 4.68. The third kappa shape index (κ3) is 7.75. The van der Waals surface area contributed by atoms with Crippen LogP contribution in [0.1, 0.15) is 84.0 Å². The van der Waals surface area contributed by atoms with Crippen molar-refractivity contribution in [3.63, 3.8) is 0 Å². The van der Waals surface area contributed by atoms with Crippen LogP contribution < -0.4 is 0 Å². The van der Waals surface area contributed by atoms with E-state index in [1.165, 1.54) is 38.5 Å². The van der Waals surface area contributed by atoms with E-state index in [0.29, 0.717) is 6.42 Å². The summed E-state index contributed by atoms with van der Waals surface area (Å²) in [4.78, 5) is 0. The van der Waals surface area contributed by atoms with E-state index in [2.05, 4.69) is 13.5 Å². The SMILES string of the molecule is C=CCCCCCCC[C@H](O)[C@@H]1CC(O)[C@H](CCCCC)O1. The van der Waals surface area contributed by atoms with E-state index in [1.54, 1.807) is 0 Å². The number of rotatable bonds is 13. The summed E-state index contributed by atoms with van der Waals surface area (Å²) in [6.45, 7) is 5.91. The van der Waals surface area contributed by atoms with Crippen LogP contribution in [0.4, 0.5) is 0 Å². The summed E-state index contributed by atoms with van der Waals surface area (Å²) in [6.07, 6.45) is 13.7. The molecule has 0 radical (unpaired) electrons. The van der Waals surface area contributed by atoms with Crippen molar-refractivity contribution in [2.45, 2.75) is 108 Å². The van der Waals surface area contributed by atoms with E-state index in [-0.39, 0.29) is 12.2 Å². The zero-order chi connectivity index (χ0) is 16.2. The molecule has 1 fully saturated rings. The van der Waals surface area contributed by atoms with Gasteiger partial charge < -0.3 is 14.9 Å². The number of hydrogen-bond donors (Lipinski definition) is 2. The van der Waals surface area contributed by atoms with Crippen LogP contribution in [0.3, 0.4) is 0 Å². The van der Waals surface area contributed by atoms with Crippen LogP contribution in [0.5, 0.6) is 0 Å². The normalized spacial score (nSPS) is 26.2. The highest BCUT2D eigenvalue weighted by Gasteiger charge is 2.36. The van der Waals surface area contributed by atoms with E-state index in [0.717, 1.165) is 32.1 Å². The molecule has 1 saturated heterocycles. The first-order valence-electron chi connectivity index (χ1n) is 9.31. The summed E-state index contributed by atoms with van der Waals surface area (Å²) in [5.41, 5.74) is 0. The Hall–Kier alpha value is -0.380. The molecule has 22 heavy (non-hydrogen) atoms. The van der Waals surface area contributed by atoms with Crippen molar-refractivity contribution in [2.24, 2.45) is 0 Å². The lowest BCUT2D eigenvalue weighted by atomic mass is 10.0. The molecule has 0 saturated carbocycles. The minimum absolute atomic E-state index is 0.0647. The Bertz CT molecular complexity index is 280. The molecule has 1 rings (SSSR count). The number of hydrogen-bond acceptors (Lipinski definition) is 3. The number of unbranched alkanes of at least 4 members (excludes halogenated alkanes) is 7. The van der Waals surface area contributed by atoms with Gasteiger partial charge >= 0.3 is 0 Å². The number of aliphatic hydroxyl groups is 2. The average molecular weight is 312 g/mol. The van der Waals surface area contributed by atoms with Crippen molar-refractivity contribution < 1.29 is 14.9 Å². The van der Waals surface area contributed by atoms with Crippen molar-refractivity contribution in [1.29, 1.82) is 0 Å². The zero-order valence-electron chi connectivity index (χ0n) is 14.4. The van der Waals surface area contributed by atoms with E-state index < -0.39 is 12.2 Å². The van der Waals surface area contributed by atoms with Gasteiger partial charge in [0.05, 0.1) is 24.4 Å². The maximum Gasteiger partial charge on any atom is 0.0864 e. The van der Waals surface area contributed by atoms with Crippen molar-refractivity contribution in [2.75, 3.05) is 0 Å². The van der Waals surface area contributed by atoms with Crippen molar-refractivity contribution >= 4 is 0 Å². The highest BCUT2D eigenvalue weighted by Crippen LogP contribution is 2.28. The van der Waals surface area contributed by atoms with Gasteiger partial charge in [-0.2, -0.15) is 0 Å². The molecule has 0 aromatic carbocycles. The van der Waals surface area contributed by atoms with Gasteiger partial charge in [-0.1, -0.05) is 57.9 Å². The molecule has 1 aliphatic rings. The van der Waals surface area contributed by atoms with E-state index >= 15 is 0 Å². The second-order valence-electron chi connectivity index (χ2n) is 6.71.